The minimum Gasteiger partial charge on any atom is -0.507 e. The van der Waals surface area contributed by atoms with Gasteiger partial charge in [0.1, 0.15) is 5.75 Å². The minimum absolute atomic E-state index is 0.124. The molecule has 0 unspecified atom stereocenters. The lowest BCUT2D eigenvalue weighted by atomic mass is 9.78. The summed E-state index contributed by atoms with van der Waals surface area (Å²) in [6.07, 6.45) is 0. The second-order valence-corrected chi connectivity index (χ2v) is 10.6. The fourth-order valence-corrected chi connectivity index (χ4v) is 4.14. The molecule has 2 aromatic rings. The molecule has 0 bridgehead atoms. The summed E-state index contributed by atoms with van der Waals surface area (Å²) in [4.78, 5) is 15.2. The summed E-state index contributed by atoms with van der Waals surface area (Å²) in [7, 11) is 0. The summed E-state index contributed by atoms with van der Waals surface area (Å²) in [5.74, 6) is 0.423. The summed E-state index contributed by atoms with van der Waals surface area (Å²) >= 11 is 0. The minimum atomic E-state index is -0.364. The molecule has 1 saturated heterocycles. The van der Waals surface area contributed by atoms with Crippen LogP contribution in [0.3, 0.4) is 0 Å². The fourth-order valence-electron chi connectivity index (χ4n) is 4.14. The first-order chi connectivity index (χ1) is 14.4. The number of non-ortho nitro benzene ring substituents is 1. The molecule has 3 rings (SSSR count). The zero-order chi connectivity index (χ0) is 23.0. The normalized spacial score (nSPS) is 15.9. The molecule has 1 aliphatic heterocycles. The maximum absolute atomic E-state index is 10.9. The Labute approximate surface area is 185 Å². The third kappa shape index (κ3) is 5.37. The van der Waals surface area contributed by atoms with E-state index in [1.165, 1.54) is 5.56 Å². The van der Waals surface area contributed by atoms with Crippen LogP contribution >= 0.6 is 0 Å². The predicted molar refractivity (Wildman–Crippen MR) is 126 cm³/mol. The van der Waals surface area contributed by atoms with E-state index in [0.717, 1.165) is 49.5 Å². The van der Waals surface area contributed by atoms with Crippen molar-refractivity contribution in [3.05, 3.63) is 63.2 Å². The van der Waals surface area contributed by atoms with Crippen molar-refractivity contribution in [1.29, 1.82) is 0 Å². The van der Waals surface area contributed by atoms with Crippen LogP contribution in [0, 0.1) is 10.1 Å². The Morgan fingerprint density at radius 3 is 1.81 bits per heavy atom. The molecule has 168 valence electrons. The summed E-state index contributed by atoms with van der Waals surface area (Å²) in [6.45, 7) is 17.3. The molecule has 1 fully saturated rings. The van der Waals surface area contributed by atoms with Crippen molar-refractivity contribution in [3.63, 3.8) is 0 Å². The Kier molecular flexibility index (Phi) is 6.33. The number of nitrogens with zero attached hydrogens (tertiary/aromatic N) is 3. The Morgan fingerprint density at radius 1 is 0.903 bits per heavy atom. The molecule has 0 saturated carbocycles. The molecule has 0 aliphatic carbocycles. The average molecular weight is 426 g/mol. The van der Waals surface area contributed by atoms with Gasteiger partial charge in [-0.25, -0.2) is 0 Å². The maximum atomic E-state index is 10.9. The molecule has 31 heavy (non-hydrogen) atoms. The monoisotopic (exact) mass is 425 g/mol. The maximum Gasteiger partial charge on any atom is 0.269 e. The molecule has 6 nitrogen and oxygen atoms in total. The molecule has 0 spiro atoms. The highest BCUT2D eigenvalue weighted by molar-refractivity contribution is 5.52. The molecule has 1 heterocycles. The predicted octanol–water partition coefficient (Wildman–Crippen LogP) is 5.22. The molecule has 0 atom stereocenters. The molecule has 0 aromatic heterocycles. The van der Waals surface area contributed by atoms with Gasteiger partial charge in [-0.1, -0.05) is 53.7 Å². The van der Waals surface area contributed by atoms with Gasteiger partial charge in [0, 0.05) is 50.5 Å². The molecular formula is C25H35N3O3. The van der Waals surface area contributed by atoms with Gasteiger partial charge in [-0.3, -0.25) is 15.0 Å². The van der Waals surface area contributed by atoms with Gasteiger partial charge in [0.2, 0.25) is 0 Å². The lowest BCUT2D eigenvalue weighted by Crippen LogP contribution is -2.46. The zero-order valence-electron chi connectivity index (χ0n) is 19.6. The van der Waals surface area contributed by atoms with E-state index in [1.807, 2.05) is 12.1 Å². The number of phenolic OH excluding ortho intramolecular Hbond substituents is 1. The van der Waals surface area contributed by atoms with Gasteiger partial charge in [-0.2, -0.15) is 0 Å². The number of hydrogen-bond donors (Lipinski definition) is 1. The van der Waals surface area contributed by atoms with Gasteiger partial charge in [-0.15, -0.1) is 0 Å². The van der Waals surface area contributed by atoms with E-state index in [2.05, 4.69) is 63.5 Å². The van der Waals surface area contributed by atoms with E-state index in [1.54, 1.807) is 12.1 Å². The number of piperazine rings is 1. The Hall–Kier alpha value is -2.60. The molecule has 0 amide bonds. The smallest absolute Gasteiger partial charge is 0.269 e. The van der Waals surface area contributed by atoms with Gasteiger partial charge < -0.3 is 10.0 Å². The van der Waals surface area contributed by atoms with Gasteiger partial charge in [0.05, 0.1) is 4.92 Å². The summed E-state index contributed by atoms with van der Waals surface area (Å²) in [5.41, 5.74) is 4.12. The van der Waals surface area contributed by atoms with Crippen LogP contribution in [0.25, 0.3) is 0 Å². The summed E-state index contributed by atoms with van der Waals surface area (Å²) < 4.78 is 0. The van der Waals surface area contributed by atoms with Crippen LogP contribution in [0.4, 0.5) is 11.4 Å². The quantitative estimate of drug-likeness (QED) is 0.537. The van der Waals surface area contributed by atoms with E-state index in [0.29, 0.717) is 5.75 Å². The Balaban J connectivity index is 1.73. The zero-order valence-corrected chi connectivity index (χ0v) is 19.6. The van der Waals surface area contributed by atoms with Crippen LogP contribution in [-0.2, 0) is 17.4 Å². The molecule has 2 aromatic carbocycles. The van der Waals surface area contributed by atoms with Crippen LogP contribution in [-0.4, -0.2) is 41.1 Å². The van der Waals surface area contributed by atoms with Gasteiger partial charge >= 0.3 is 0 Å². The highest BCUT2D eigenvalue weighted by Gasteiger charge is 2.27. The molecular weight excluding hydrogens is 390 g/mol. The van der Waals surface area contributed by atoms with Crippen LogP contribution in [0.2, 0.25) is 0 Å². The van der Waals surface area contributed by atoms with E-state index in [4.69, 9.17) is 0 Å². The fraction of sp³-hybridized carbons (Fsp3) is 0.520. The highest BCUT2D eigenvalue weighted by Crippen LogP contribution is 2.40. The Morgan fingerprint density at radius 2 is 1.39 bits per heavy atom. The van der Waals surface area contributed by atoms with E-state index < -0.39 is 0 Å². The van der Waals surface area contributed by atoms with Crippen molar-refractivity contribution in [2.45, 2.75) is 58.9 Å². The number of anilines is 1. The molecule has 1 aliphatic rings. The second kappa shape index (κ2) is 8.50. The van der Waals surface area contributed by atoms with Crippen molar-refractivity contribution < 1.29 is 10.0 Å². The first-order valence-corrected chi connectivity index (χ1v) is 10.9. The van der Waals surface area contributed by atoms with Crippen molar-refractivity contribution >= 4 is 11.4 Å². The van der Waals surface area contributed by atoms with E-state index >= 15 is 0 Å². The van der Waals surface area contributed by atoms with Crippen molar-refractivity contribution in [3.8, 4) is 5.75 Å². The Bertz CT molecular complexity index is 897. The number of aromatic hydroxyl groups is 1. The van der Waals surface area contributed by atoms with Crippen LogP contribution < -0.4 is 4.90 Å². The van der Waals surface area contributed by atoms with Crippen molar-refractivity contribution in [1.82, 2.24) is 4.90 Å². The largest absolute Gasteiger partial charge is 0.507 e. The SMILES string of the molecule is CC(C)(C)c1cc(CN2CCN(c3ccc([N+](=O)[O-])cc3)CC2)cc(C(C)(C)C)c1O. The second-order valence-electron chi connectivity index (χ2n) is 10.6. The highest BCUT2D eigenvalue weighted by atomic mass is 16.6. The topological polar surface area (TPSA) is 69.9 Å². The number of rotatable bonds is 4. The van der Waals surface area contributed by atoms with Crippen molar-refractivity contribution in [2.24, 2.45) is 0 Å². The van der Waals surface area contributed by atoms with Crippen LogP contribution in [0.5, 0.6) is 5.75 Å². The lowest BCUT2D eigenvalue weighted by Gasteiger charge is -2.36. The summed E-state index contributed by atoms with van der Waals surface area (Å²) in [6, 6.07) is 11.1. The van der Waals surface area contributed by atoms with Crippen LogP contribution in [0.15, 0.2) is 36.4 Å². The van der Waals surface area contributed by atoms with Gasteiger partial charge in [0.15, 0.2) is 0 Å². The lowest BCUT2D eigenvalue weighted by molar-refractivity contribution is -0.384. The number of nitro groups is 1. The van der Waals surface area contributed by atoms with Crippen LogP contribution in [0.1, 0.15) is 58.2 Å². The number of nitro benzene ring substituents is 1. The number of benzene rings is 2. The van der Waals surface area contributed by atoms with E-state index in [9.17, 15) is 15.2 Å². The van der Waals surface area contributed by atoms with Gasteiger partial charge in [0.25, 0.3) is 5.69 Å². The first kappa shape index (κ1) is 23.1. The van der Waals surface area contributed by atoms with E-state index in [-0.39, 0.29) is 21.4 Å². The first-order valence-electron chi connectivity index (χ1n) is 10.9. The number of phenols is 1. The molecule has 0 radical (unpaired) electrons. The third-order valence-corrected chi connectivity index (χ3v) is 5.99. The summed E-state index contributed by atoms with van der Waals surface area (Å²) in [5, 5.41) is 21.8. The standard InChI is InChI=1S/C25H35N3O3/c1-24(2,3)21-15-18(16-22(23(21)29)25(4,5)6)17-26-11-13-27(14-12-26)19-7-9-20(10-8-19)28(30)31/h7-10,15-16,29H,11-14,17H2,1-6H3. The molecule has 1 N–H and O–H groups in total. The number of hydrogen-bond acceptors (Lipinski definition) is 5. The van der Waals surface area contributed by atoms with Crippen molar-refractivity contribution in [2.75, 3.05) is 31.1 Å². The average Bonchev–Trinajstić information content (AvgIpc) is 2.68. The van der Waals surface area contributed by atoms with Gasteiger partial charge in [-0.05, 0) is 39.7 Å². The third-order valence-electron chi connectivity index (χ3n) is 5.99. The molecule has 6 heteroatoms.